The minimum Gasteiger partial charge on any atom is -0.454 e. The van der Waals surface area contributed by atoms with Crippen LogP contribution in [0, 0.1) is 5.82 Å². The standard InChI is InChI=1S/C23H26FN5O4/c1-32-15-10-25-23(31)20-7-6-19(33-20)16-29-22(30)9-8-21(26-29)28-13-11-27(12-14-28)18-4-2-17(24)3-5-18/h2-9H,10-16H2,1H3,(H,25,31). The van der Waals surface area contributed by atoms with Gasteiger partial charge in [-0.1, -0.05) is 0 Å². The third-order valence-electron chi connectivity index (χ3n) is 5.43. The molecule has 0 atom stereocenters. The van der Waals surface area contributed by atoms with Crippen LogP contribution in [-0.2, 0) is 11.3 Å². The smallest absolute Gasteiger partial charge is 0.287 e. The van der Waals surface area contributed by atoms with Gasteiger partial charge in [-0.15, -0.1) is 0 Å². The Hall–Kier alpha value is -3.66. The molecule has 3 aromatic rings. The van der Waals surface area contributed by atoms with Crippen molar-refractivity contribution in [1.29, 1.82) is 0 Å². The van der Waals surface area contributed by atoms with Crippen molar-refractivity contribution < 1.29 is 18.3 Å². The number of amides is 1. The zero-order chi connectivity index (χ0) is 23.2. The number of furan rings is 1. The molecule has 1 aliphatic rings. The summed E-state index contributed by atoms with van der Waals surface area (Å²) in [5, 5.41) is 7.19. The molecule has 0 unspecified atom stereocenters. The molecule has 1 aliphatic heterocycles. The third kappa shape index (κ3) is 5.58. The summed E-state index contributed by atoms with van der Waals surface area (Å²) in [6.07, 6.45) is 0. The summed E-state index contributed by atoms with van der Waals surface area (Å²) >= 11 is 0. The summed E-state index contributed by atoms with van der Waals surface area (Å²) in [4.78, 5) is 28.7. The first-order chi connectivity index (χ1) is 16.0. The predicted octanol–water partition coefficient (Wildman–Crippen LogP) is 1.73. The Morgan fingerprint density at radius 2 is 1.79 bits per heavy atom. The van der Waals surface area contributed by atoms with E-state index >= 15 is 0 Å². The highest BCUT2D eigenvalue weighted by Crippen LogP contribution is 2.19. The molecule has 0 aliphatic carbocycles. The summed E-state index contributed by atoms with van der Waals surface area (Å²) < 4.78 is 25.0. The second kappa shape index (κ2) is 10.3. The molecule has 10 heteroatoms. The number of methoxy groups -OCH3 is 1. The molecule has 9 nitrogen and oxygen atoms in total. The zero-order valence-corrected chi connectivity index (χ0v) is 18.4. The topological polar surface area (TPSA) is 92.8 Å². The van der Waals surface area contributed by atoms with Crippen LogP contribution in [-0.4, -0.2) is 62.1 Å². The van der Waals surface area contributed by atoms with Crippen LogP contribution in [0.4, 0.5) is 15.9 Å². The zero-order valence-electron chi connectivity index (χ0n) is 18.4. The van der Waals surface area contributed by atoms with E-state index in [1.54, 1.807) is 37.4 Å². The molecule has 4 rings (SSSR count). The second-order valence-electron chi connectivity index (χ2n) is 7.65. The molecule has 0 bridgehead atoms. The van der Waals surface area contributed by atoms with Gasteiger partial charge in [0.2, 0.25) is 0 Å². The van der Waals surface area contributed by atoms with E-state index in [4.69, 9.17) is 9.15 Å². The van der Waals surface area contributed by atoms with Gasteiger partial charge >= 0.3 is 0 Å². The van der Waals surface area contributed by atoms with Gasteiger partial charge in [-0.25, -0.2) is 9.07 Å². The molecular formula is C23H26FN5O4. The summed E-state index contributed by atoms with van der Waals surface area (Å²) in [7, 11) is 1.56. The number of hydrogen-bond acceptors (Lipinski definition) is 7. The molecule has 2 aromatic heterocycles. The van der Waals surface area contributed by atoms with Gasteiger partial charge < -0.3 is 24.3 Å². The van der Waals surface area contributed by atoms with Crippen molar-refractivity contribution in [2.75, 3.05) is 56.2 Å². The van der Waals surface area contributed by atoms with E-state index in [-0.39, 0.29) is 29.6 Å². The van der Waals surface area contributed by atoms with Crippen molar-refractivity contribution in [1.82, 2.24) is 15.1 Å². The number of aromatic nitrogens is 2. The Balaban J connectivity index is 1.39. The Kier molecular flexibility index (Phi) is 7.04. The molecule has 0 saturated carbocycles. The normalized spacial score (nSPS) is 13.9. The molecule has 0 spiro atoms. The van der Waals surface area contributed by atoms with Gasteiger partial charge in [-0.3, -0.25) is 9.59 Å². The lowest BCUT2D eigenvalue weighted by Crippen LogP contribution is -2.47. The van der Waals surface area contributed by atoms with E-state index in [1.807, 2.05) is 0 Å². The van der Waals surface area contributed by atoms with Crippen molar-refractivity contribution in [3.8, 4) is 0 Å². The average molecular weight is 455 g/mol. The molecule has 33 heavy (non-hydrogen) atoms. The highest BCUT2D eigenvalue weighted by molar-refractivity contribution is 5.91. The molecule has 1 saturated heterocycles. The fourth-order valence-corrected chi connectivity index (χ4v) is 3.65. The number of nitrogens with one attached hydrogen (secondary N) is 1. The molecule has 1 aromatic carbocycles. The fraction of sp³-hybridized carbons (Fsp3) is 0.348. The van der Waals surface area contributed by atoms with E-state index in [0.717, 1.165) is 31.9 Å². The molecule has 174 valence electrons. The maximum Gasteiger partial charge on any atom is 0.287 e. The predicted molar refractivity (Wildman–Crippen MR) is 121 cm³/mol. The Labute approximate surface area is 190 Å². The van der Waals surface area contributed by atoms with E-state index in [0.29, 0.717) is 24.7 Å². The van der Waals surface area contributed by atoms with Gasteiger partial charge in [-0.05, 0) is 42.5 Å². The molecule has 1 amide bonds. The Morgan fingerprint density at radius 1 is 1.06 bits per heavy atom. The van der Waals surface area contributed by atoms with E-state index in [2.05, 4.69) is 20.2 Å². The first kappa shape index (κ1) is 22.5. The van der Waals surface area contributed by atoms with Crippen LogP contribution in [0.15, 0.2) is 57.7 Å². The maximum absolute atomic E-state index is 13.2. The summed E-state index contributed by atoms with van der Waals surface area (Å²) in [5.41, 5.74) is 0.722. The van der Waals surface area contributed by atoms with Gasteiger partial charge in [0.25, 0.3) is 11.5 Å². The number of carbonyl (C=O) groups excluding carboxylic acids is 1. The average Bonchev–Trinajstić information content (AvgIpc) is 3.30. The van der Waals surface area contributed by atoms with Crippen molar-refractivity contribution in [3.63, 3.8) is 0 Å². The third-order valence-corrected chi connectivity index (χ3v) is 5.43. The number of carbonyl (C=O) groups is 1. The number of rotatable bonds is 8. The van der Waals surface area contributed by atoms with E-state index < -0.39 is 0 Å². The molecule has 1 fully saturated rings. The van der Waals surface area contributed by atoms with E-state index in [1.165, 1.54) is 22.9 Å². The van der Waals surface area contributed by atoms with Crippen LogP contribution in [0.5, 0.6) is 0 Å². The van der Waals surface area contributed by atoms with Crippen LogP contribution in [0.2, 0.25) is 0 Å². The number of nitrogens with zero attached hydrogens (tertiary/aromatic N) is 4. The highest BCUT2D eigenvalue weighted by Gasteiger charge is 2.19. The van der Waals surface area contributed by atoms with Gasteiger partial charge in [0.1, 0.15) is 23.9 Å². The number of halogens is 1. The van der Waals surface area contributed by atoms with Crippen LogP contribution in [0.1, 0.15) is 16.3 Å². The summed E-state index contributed by atoms with van der Waals surface area (Å²) in [5.74, 6) is 0.727. The molecule has 0 radical (unpaired) electrons. The van der Waals surface area contributed by atoms with Crippen LogP contribution in [0.3, 0.4) is 0 Å². The Morgan fingerprint density at radius 3 is 2.52 bits per heavy atom. The van der Waals surface area contributed by atoms with E-state index in [9.17, 15) is 14.0 Å². The molecule has 1 N–H and O–H groups in total. The lowest BCUT2D eigenvalue weighted by Gasteiger charge is -2.36. The summed E-state index contributed by atoms with van der Waals surface area (Å²) in [6.45, 7) is 3.85. The molecular weight excluding hydrogens is 429 g/mol. The fourth-order valence-electron chi connectivity index (χ4n) is 3.65. The number of benzene rings is 1. The minimum absolute atomic E-state index is 0.119. The van der Waals surface area contributed by atoms with Crippen LogP contribution < -0.4 is 20.7 Å². The lowest BCUT2D eigenvalue weighted by atomic mass is 10.2. The monoisotopic (exact) mass is 455 g/mol. The number of anilines is 2. The van der Waals surface area contributed by atoms with Crippen LogP contribution in [0.25, 0.3) is 0 Å². The quantitative estimate of drug-likeness (QED) is 0.517. The van der Waals surface area contributed by atoms with Crippen LogP contribution >= 0.6 is 0 Å². The number of ether oxygens (including phenoxy) is 1. The second-order valence-corrected chi connectivity index (χ2v) is 7.65. The van der Waals surface area contributed by atoms with Gasteiger partial charge in [-0.2, -0.15) is 5.10 Å². The van der Waals surface area contributed by atoms with Crippen molar-refractivity contribution >= 4 is 17.4 Å². The Bertz CT molecular complexity index is 1140. The van der Waals surface area contributed by atoms with Crippen molar-refractivity contribution in [3.05, 3.63) is 76.2 Å². The number of piperazine rings is 1. The largest absolute Gasteiger partial charge is 0.454 e. The molecule has 3 heterocycles. The minimum atomic E-state index is -0.341. The first-order valence-corrected chi connectivity index (χ1v) is 10.7. The lowest BCUT2D eigenvalue weighted by molar-refractivity contribution is 0.0907. The van der Waals surface area contributed by atoms with Crippen molar-refractivity contribution in [2.24, 2.45) is 0 Å². The maximum atomic E-state index is 13.2. The van der Waals surface area contributed by atoms with Gasteiger partial charge in [0, 0.05) is 51.6 Å². The number of hydrogen-bond donors (Lipinski definition) is 1. The van der Waals surface area contributed by atoms with Crippen molar-refractivity contribution in [2.45, 2.75) is 6.54 Å². The first-order valence-electron chi connectivity index (χ1n) is 10.7. The highest BCUT2D eigenvalue weighted by atomic mass is 19.1. The van der Waals surface area contributed by atoms with Gasteiger partial charge in [0.05, 0.1) is 6.61 Å². The summed E-state index contributed by atoms with van der Waals surface area (Å²) in [6, 6.07) is 12.9. The van der Waals surface area contributed by atoms with Gasteiger partial charge in [0.15, 0.2) is 5.76 Å². The SMILES string of the molecule is COCCNC(=O)c1ccc(Cn2nc(N3CCN(c4ccc(F)cc4)CC3)ccc2=O)o1.